The van der Waals surface area contributed by atoms with Crippen LogP contribution in [0.1, 0.15) is 24.8 Å². The summed E-state index contributed by atoms with van der Waals surface area (Å²) in [7, 11) is 0. The maximum absolute atomic E-state index is 13.5. The normalized spacial score (nSPS) is 23.7. The third-order valence-corrected chi connectivity index (χ3v) is 6.98. The molecule has 0 aromatic heterocycles. The Bertz CT molecular complexity index is 1030. The van der Waals surface area contributed by atoms with Crippen LogP contribution in [-0.4, -0.2) is 24.0 Å². The SMILES string of the molecule is O=C(COc1ccc(Cl)c(F)c1)NC12CC(C1)[C@@H](C(=O)NCc1ccc(Cl)c(Cl)c1)C2. The zero-order chi connectivity index (χ0) is 22.2. The van der Waals surface area contributed by atoms with E-state index in [2.05, 4.69) is 10.6 Å². The van der Waals surface area contributed by atoms with Gasteiger partial charge in [-0.1, -0.05) is 40.9 Å². The van der Waals surface area contributed by atoms with E-state index >= 15 is 0 Å². The van der Waals surface area contributed by atoms with E-state index in [1.54, 1.807) is 12.1 Å². The van der Waals surface area contributed by atoms with Gasteiger partial charge in [0.05, 0.1) is 15.1 Å². The van der Waals surface area contributed by atoms with Gasteiger partial charge < -0.3 is 15.4 Å². The topological polar surface area (TPSA) is 67.4 Å². The molecule has 2 bridgehead atoms. The Balaban J connectivity index is 1.25. The van der Waals surface area contributed by atoms with E-state index in [4.69, 9.17) is 39.5 Å². The van der Waals surface area contributed by atoms with E-state index in [0.29, 0.717) is 23.0 Å². The highest BCUT2D eigenvalue weighted by atomic mass is 35.5. The first-order valence-electron chi connectivity index (χ1n) is 9.85. The molecule has 31 heavy (non-hydrogen) atoms. The molecule has 3 saturated carbocycles. The van der Waals surface area contributed by atoms with Crippen LogP contribution >= 0.6 is 34.8 Å². The summed E-state index contributed by atoms with van der Waals surface area (Å²) < 4.78 is 18.8. The number of rotatable bonds is 7. The van der Waals surface area contributed by atoms with Crippen molar-refractivity contribution in [2.45, 2.75) is 31.3 Å². The molecule has 2 amide bonds. The number of fused-ring (bicyclic) bond motifs is 1. The fourth-order valence-corrected chi connectivity index (χ4v) is 4.90. The fraction of sp³-hybridized carbons (Fsp3) is 0.364. The second-order valence-electron chi connectivity index (χ2n) is 8.14. The lowest BCUT2D eigenvalue weighted by molar-refractivity contribution is -0.126. The highest BCUT2D eigenvalue weighted by Crippen LogP contribution is 2.55. The van der Waals surface area contributed by atoms with Gasteiger partial charge in [-0.3, -0.25) is 9.59 Å². The Hall–Kier alpha value is -2.02. The first-order valence-corrected chi connectivity index (χ1v) is 11.0. The van der Waals surface area contributed by atoms with E-state index < -0.39 is 5.82 Å². The van der Waals surface area contributed by atoms with Crippen molar-refractivity contribution in [1.29, 1.82) is 0 Å². The second-order valence-corrected chi connectivity index (χ2v) is 9.36. The van der Waals surface area contributed by atoms with Gasteiger partial charge in [0.1, 0.15) is 11.6 Å². The van der Waals surface area contributed by atoms with Crippen LogP contribution in [0.2, 0.25) is 15.1 Å². The summed E-state index contributed by atoms with van der Waals surface area (Å²) in [5.41, 5.74) is 0.494. The zero-order valence-corrected chi connectivity index (χ0v) is 18.7. The molecule has 3 aliphatic carbocycles. The van der Waals surface area contributed by atoms with Crippen LogP contribution < -0.4 is 15.4 Å². The van der Waals surface area contributed by atoms with Crippen molar-refractivity contribution in [2.24, 2.45) is 11.8 Å². The molecule has 2 aromatic carbocycles. The molecule has 5 nitrogen and oxygen atoms in total. The highest BCUT2D eigenvalue weighted by Gasteiger charge is 2.58. The van der Waals surface area contributed by atoms with Gasteiger partial charge in [0, 0.05) is 24.1 Å². The molecule has 0 heterocycles. The van der Waals surface area contributed by atoms with Gasteiger partial charge in [0.2, 0.25) is 5.91 Å². The minimum Gasteiger partial charge on any atom is -0.484 e. The van der Waals surface area contributed by atoms with Crippen molar-refractivity contribution in [3.05, 3.63) is 62.8 Å². The largest absolute Gasteiger partial charge is 0.484 e. The van der Waals surface area contributed by atoms with Crippen LogP contribution in [0.5, 0.6) is 5.75 Å². The smallest absolute Gasteiger partial charge is 0.258 e. The van der Waals surface area contributed by atoms with E-state index in [1.165, 1.54) is 12.1 Å². The molecule has 5 rings (SSSR count). The van der Waals surface area contributed by atoms with E-state index in [0.717, 1.165) is 24.5 Å². The van der Waals surface area contributed by atoms with Crippen molar-refractivity contribution in [3.63, 3.8) is 0 Å². The van der Waals surface area contributed by atoms with Crippen LogP contribution in [0.3, 0.4) is 0 Å². The predicted molar refractivity (Wildman–Crippen MR) is 117 cm³/mol. The van der Waals surface area contributed by atoms with E-state index in [-0.39, 0.29) is 46.6 Å². The summed E-state index contributed by atoms with van der Waals surface area (Å²) >= 11 is 17.6. The molecule has 0 spiro atoms. The first-order chi connectivity index (χ1) is 14.7. The lowest BCUT2D eigenvalue weighted by Crippen LogP contribution is -2.53. The molecule has 2 N–H and O–H groups in total. The number of nitrogens with one attached hydrogen (secondary N) is 2. The molecule has 3 fully saturated rings. The van der Waals surface area contributed by atoms with Gasteiger partial charge in [0.25, 0.3) is 5.91 Å². The quantitative estimate of drug-likeness (QED) is 0.594. The van der Waals surface area contributed by atoms with Crippen molar-refractivity contribution >= 4 is 46.6 Å². The fourth-order valence-electron chi connectivity index (χ4n) is 4.46. The Morgan fingerprint density at radius 1 is 1.03 bits per heavy atom. The molecule has 0 saturated heterocycles. The average molecular weight is 486 g/mol. The Labute approximate surface area is 194 Å². The van der Waals surface area contributed by atoms with Gasteiger partial charge in [-0.2, -0.15) is 0 Å². The first kappa shape index (κ1) is 22.2. The molecule has 0 unspecified atom stereocenters. The summed E-state index contributed by atoms with van der Waals surface area (Å²) in [5.74, 6) is -0.601. The predicted octanol–water partition coefficient (Wildman–Crippen LogP) is 4.77. The average Bonchev–Trinajstić information content (AvgIpc) is 3.25. The van der Waals surface area contributed by atoms with Gasteiger partial charge in [-0.05, 0) is 55.0 Å². The minimum atomic E-state index is -0.606. The number of carbonyl (C=O) groups excluding carboxylic acids is 2. The van der Waals surface area contributed by atoms with Crippen molar-refractivity contribution in [1.82, 2.24) is 10.6 Å². The summed E-state index contributed by atoms with van der Waals surface area (Å²) in [5, 5.41) is 6.85. The molecule has 0 aliphatic heterocycles. The Morgan fingerprint density at radius 2 is 1.77 bits per heavy atom. The molecular formula is C22H20Cl3FN2O3. The van der Waals surface area contributed by atoms with E-state index in [1.807, 2.05) is 6.07 Å². The van der Waals surface area contributed by atoms with Crippen LogP contribution in [0, 0.1) is 17.7 Å². The minimum absolute atomic E-state index is 0.00867. The lowest BCUT2D eigenvalue weighted by Gasteiger charge is -2.39. The standard InChI is InChI=1S/C22H20Cl3FN2O3/c23-16-3-1-12(5-18(16)25)10-27-21(30)15-9-22(7-13(15)8-22)28-20(29)11-31-14-2-4-17(24)19(26)6-14/h1-6,13,15H,7-11H2,(H,27,30)(H,28,29)/t13?,15-,22?/m0/s1. The number of benzene rings is 2. The zero-order valence-electron chi connectivity index (χ0n) is 16.4. The molecule has 3 aliphatic rings. The van der Waals surface area contributed by atoms with Crippen molar-refractivity contribution < 1.29 is 18.7 Å². The molecular weight excluding hydrogens is 466 g/mol. The van der Waals surface area contributed by atoms with Crippen LogP contribution in [0.4, 0.5) is 4.39 Å². The lowest BCUT2D eigenvalue weighted by atomic mass is 9.76. The summed E-state index contributed by atoms with van der Waals surface area (Å²) in [4.78, 5) is 25.0. The third-order valence-electron chi connectivity index (χ3n) is 5.94. The number of carbonyl (C=O) groups is 2. The van der Waals surface area contributed by atoms with Crippen molar-refractivity contribution in [2.75, 3.05) is 6.61 Å². The van der Waals surface area contributed by atoms with Crippen LogP contribution in [-0.2, 0) is 16.1 Å². The number of ether oxygens (including phenoxy) is 1. The van der Waals surface area contributed by atoms with Gasteiger partial charge in [-0.25, -0.2) is 4.39 Å². The van der Waals surface area contributed by atoms with Gasteiger partial charge >= 0.3 is 0 Å². The summed E-state index contributed by atoms with van der Waals surface area (Å²) in [6.45, 7) is 0.130. The van der Waals surface area contributed by atoms with E-state index in [9.17, 15) is 14.0 Å². The number of hydrogen-bond acceptors (Lipinski definition) is 3. The Morgan fingerprint density at radius 3 is 2.48 bits per heavy atom. The Kier molecular flexibility index (Phi) is 6.33. The maximum Gasteiger partial charge on any atom is 0.258 e. The number of amides is 2. The summed E-state index contributed by atoms with van der Waals surface area (Å²) in [6, 6.07) is 9.25. The molecule has 2 aromatic rings. The molecule has 9 heteroatoms. The monoisotopic (exact) mass is 484 g/mol. The van der Waals surface area contributed by atoms with Crippen LogP contribution in [0.25, 0.3) is 0 Å². The molecule has 0 radical (unpaired) electrons. The molecule has 1 atom stereocenters. The maximum atomic E-state index is 13.5. The van der Waals surface area contributed by atoms with Gasteiger partial charge in [-0.15, -0.1) is 0 Å². The third kappa shape index (κ3) is 4.92. The molecule has 164 valence electrons. The number of halogens is 4. The van der Waals surface area contributed by atoms with Gasteiger partial charge in [0.15, 0.2) is 6.61 Å². The van der Waals surface area contributed by atoms with Crippen LogP contribution in [0.15, 0.2) is 36.4 Å². The van der Waals surface area contributed by atoms with Crippen molar-refractivity contribution in [3.8, 4) is 5.75 Å². The highest BCUT2D eigenvalue weighted by molar-refractivity contribution is 6.42. The number of hydrogen-bond donors (Lipinski definition) is 2. The summed E-state index contributed by atoms with van der Waals surface area (Å²) in [6.07, 6.45) is 2.12. The second kappa shape index (κ2) is 8.85.